The molecule has 5 heteroatoms. The van der Waals surface area contributed by atoms with Crippen molar-refractivity contribution in [2.75, 3.05) is 56.8 Å². The van der Waals surface area contributed by atoms with Gasteiger partial charge < -0.3 is 25.1 Å². The first-order valence-electron chi connectivity index (χ1n) is 8.92. The highest BCUT2D eigenvalue weighted by Gasteiger charge is 2.03. The normalized spacial score (nSPS) is 10.1. The molecule has 3 N–H and O–H groups in total. The average molecular weight is 360 g/mol. The second-order valence-electron chi connectivity index (χ2n) is 6.30. The summed E-state index contributed by atoms with van der Waals surface area (Å²) in [5.74, 6) is 0. The number of rotatable bonds is 8. The molecular weight excluding hydrogens is 328 g/mol. The molecule has 2 aromatic rings. The molecule has 0 aliphatic heterocycles. The molecule has 0 bridgehead atoms. The predicted molar refractivity (Wildman–Crippen MR) is 109 cm³/mol. The summed E-state index contributed by atoms with van der Waals surface area (Å²) in [7, 11) is 4.03. The first-order valence-corrected chi connectivity index (χ1v) is 8.92. The summed E-state index contributed by atoms with van der Waals surface area (Å²) in [6, 6.07) is 16.3. The maximum Gasteiger partial charge on any atom is 0.0606 e. The average Bonchev–Trinajstić information content (AvgIpc) is 2.63. The van der Waals surface area contributed by atoms with Crippen molar-refractivity contribution >= 4 is 11.4 Å². The van der Waals surface area contributed by atoms with E-state index in [0.29, 0.717) is 13.1 Å². The second kappa shape index (κ2) is 12.3. The van der Waals surface area contributed by atoms with E-state index in [2.05, 4.69) is 17.0 Å². The highest BCUT2D eigenvalue weighted by molar-refractivity contribution is 5.47. The Morgan fingerprint density at radius 3 is 1.62 bits per heavy atom. The van der Waals surface area contributed by atoms with Gasteiger partial charge in [0.2, 0.25) is 0 Å². The number of hydrogen-bond donors (Lipinski definition) is 3. The van der Waals surface area contributed by atoms with Crippen LogP contribution in [0.3, 0.4) is 0 Å². The molecule has 0 amide bonds. The van der Waals surface area contributed by atoms with Crippen molar-refractivity contribution < 1.29 is 15.3 Å². The van der Waals surface area contributed by atoms with E-state index in [1.807, 2.05) is 62.3 Å². The number of anilines is 2. The first-order chi connectivity index (χ1) is 12.5. The molecule has 0 heterocycles. The number of hydrogen-bond acceptors (Lipinski definition) is 5. The SMILES string of the molecule is CN(C)c1ccc(CCO)cc1.Cc1ccc(N(CCO)CCO)cc1. The molecule has 26 heavy (non-hydrogen) atoms. The lowest BCUT2D eigenvalue weighted by Crippen LogP contribution is -2.29. The van der Waals surface area contributed by atoms with Crippen LogP contribution in [0.5, 0.6) is 0 Å². The molecule has 0 atom stereocenters. The Kier molecular flexibility index (Phi) is 10.4. The lowest BCUT2D eigenvalue weighted by molar-refractivity contribution is 0.281. The third-order valence-electron chi connectivity index (χ3n) is 3.99. The van der Waals surface area contributed by atoms with E-state index in [1.165, 1.54) is 16.8 Å². The van der Waals surface area contributed by atoms with Crippen molar-refractivity contribution in [3.8, 4) is 0 Å². The summed E-state index contributed by atoms with van der Waals surface area (Å²) in [6.45, 7) is 3.59. The van der Waals surface area contributed by atoms with Crippen LogP contribution in [0.25, 0.3) is 0 Å². The summed E-state index contributed by atoms with van der Waals surface area (Å²) in [5.41, 5.74) is 4.63. The molecule has 0 unspecified atom stereocenters. The van der Waals surface area contributed by atoms with Crippen LogP contribution in [-0.2, 0) is 6.42 Å². The van der Waals surface area contributed by atoms with Gasteiger partial charge in [-0.05, 0) is 43.2 Å². The number of nitrogens with zero attached hydrogens (tertiary/aromatic N) is 2. The lowest BCUT2D eigenvalue weighted by Gasteiger charge is -2.22. The molecule has 0 aromatic heterocycles. The van der Waals surface area contributed by atoms with E-state index in [-0.39, 0.29) is 19.8 Å². The summed E-state index contributed by atoms with van der Waals surface area (Å²) < 4.78 is 0. The van der Waals surface area contributed by atoms with Crippen molar-refractivity contribution in [1.82, 2.24) is 0 Å². The van der Waals surface area contributed by atoms with Crippen LogP contribution in [0.2, 0.25) is 0 Å². The van der Waals surface area contributed by atoms with Gasteiger partial charge in [0.15, 0.2) is 0 Å². The molecule has 2 aromatic carbocycles. The number of aliphatic hydroxyl groups excluding tert-OH is 3. The molecule has 0 spiro atoms. The first kappa shape index (κ1) is 22.0. The van der Waals surface area contributed by atoms with Gasteiger partial charge in [0.25, 0.3) is 0 Å². The minimum atomic E-state index is 0.105. The van der Waals surface area contributed by atoms with Crippen LogP contribution >= 0.6 is 0 Å². The van der Waals surface area contributed by atoms with Crippen LogP contribution in [0.15, 0.2) is 48.5 Å². The molecule has 144 valence electrons. The van der Waals surface area contributed by atoms with Crippen LogP contribution < -0.4 is 9.80 Å². The molecule has 0 aliphatic rings. The molecule has 2 rings (SSSR count). The lowest BCUT2D eigenvalue weighted by atomic mass is 10.1. The Hall–Kier alpha value is -2.08. The van der Waals surface area contributed by atoms with Crippen molar-refractivity contribution in [1.29, 1.82) is 0 Å². The van der Waals surface area contributed by atoms with E-state index >= 15 is 0 Å². The van der Waals surface area contributed by atoms with E-state index < -0.39 is 0 Å². The minimum Gasteiger partial charge on any atom is -0.396 e. The fraction of sp³-hybridized carbons (Fsp3) is 0.429. The van der Waals surface area contributed by atoms with Gasteiger partial charge >= 0.3 is 0 Å². The zero-order valence-electron chi connectivity index (χ0n) is 16.1. The van der Waals surface area contributed by atoms with Gasteiger partial charge in [-0.3, -0.25) is 0 Å². The Bertz CT molecular complexity index is 592. The molecule has 0 saturated heterocycles. The number of benzene rings is 2. The van der Waals surface area contributed by atoms with Gasteiger partial charge in [0.05, 0.1) is 13.2 Å². The van der Waals surface area contributed by atoms with Crippen LogP contribution in [0, 0.1) is 6.92 Å². The van der Waals surface area contributed by atoms with Crippen molar-refractivity contribution in [3.05, 3.63) is 59.7 Å². The van der Waals surface area contributed by atoms with Gasteiger partial charge in [0.1, 0.15) is 0 Å². The van der Waals surface area contributed by atoms with Gasteiger partial charge in [0, 0.05) is 45.2 Å². The summed E-state index contributed by atoms with van der Waals surface area (Å²) in [6.07, 6.45) is 0.744. The van der Waals surface area contributed by atoms with E-state index in [4.69, 9.17) is 15.3 Å². The van der Waals surface area contributed by atoms with Crippen LogP contribution in [0.4, 0.5) is 11.4 Å². The van der Waals surface area contributed by atoms with Gasteiger partial charge in [-0.2, -0.15) is 0 Å². The number of aryl methyl sites for hydroxylation is 1. The summed E-state index contributed by atoms with van der Waals surface area (Å²) in [4.78, 5) is 4.02. The standard InChI is InChI=1S/C11H17NO2.C10H15NO/c1-10-2-4-11(5-3-10)12(6-8-13)7-9-14;1-11(2)10-5-3-9(4-6-10)7-8-12/h2-5,13-14H,6-9H2,1H3;3-6,12H,7-8H2,1-2H3. The van der Waals surface area contributed by atoms with Gasteiger partial charge in [-0.1, -0.05) is 29.8 Å². The van der Waals surface area contributed by atoms with Crippen molar-refractivity contribution in [3.63, 3.8) is 0 Å². The molecule has 0 radical (unpaired) electrons. The zero-order chi connectivity index (χ0) is 19.4. The highest BCUT2D eigenvalue weighted by Crippen LogP contribution is 2.14. The smallest absolute Gasteiger partial charge is 0.0606 e. The molecular formula is C21H32N2O3. The Balaban J connectivity index is 0.000000263. The van der Waals surface area contributed by atoms with E-state index in [9.17, 15) is 0 Å². The quantitative estimate of drug-likeness (QED) is 0.673. The zero-order valence-corrected chi connectivity index (χ0v) is 16.1. The monoisotopic (exact) mass is 360 g/mol. The Morgan fingerprint density at radius 1 is 0.692 bits per heavy atom. The molecule has 5 nitrogen and oxygen atoms in total. The van der Waals surface area contributed by atoms with Gasteiger partial charge in [-0.15, -0.1) is 0 Å². The minimum absolute atomic E-state index is 0.105. The third-order valence-corrected chi connectivity index (χ3v) is 3.99. The molecule has 0 fully saturated rings. The summed E-state index contributed by atoms with van der Waals surface area (Å²) in [5, 5.41) is 26.4. The van der Waals surface area contributed by atoms with Gasteiger partial charge in [-0.25, -0.2) is 0 Å². The maximum atomic E-state index is 8.86. The number of aliphatic hydroxyl groups is 3. The van der Waals surface area contributed by atoms with Crippen molar-refractivity contribution in [2.45, 2.75) is 13.3 Å². The second-order valence-corrected chi connectivity index (χ2v) is 6.30. The molecule has 0 aliphatic carbocycles. The highest BCUT2D eigenvalue weighted by atomic mass is 16.3. The topological polar surface area (TPSA) is 67.2 Å². The summed E-state index contributed by atoms with van der Waals surface area (Å²) >= 11 is 0. The van der Waals surface area contributed by atoms with E-state index in [0.717, 1.165) is 12.1 Å². The largest absolute Gasteiger partial charge is 0.396 e. The predicted octanol–water partition coefficient (Wildman–Crippen LogP) is 2.07. The maximum absolute atomic E-state index is 8.86. The van der Waals surface area contributed by atoms with E-state index in [1.54, 1.807) is 0 Å². The fourth-order valence-corrected chi connectivity index (χ4v) is 2.46. The Labute approximate surface area is 157 Å². The third kappa shape index (κ3) is 7.87. The Morgan fingerprint density at radius 2 is 1.19 bits per heavy atom. The fourth-order valence-electron chi connectivity index (χ4n) is 2.46. The van der Waals surface area contributed by atoms with Crippen LogP contribution in [-0.4, -0.2) is 62.3 Å². The van der Waals surface area contributed by atoms with Crippen molar-refractivity contribution in [2.24, 2.45) is 0 Å². The molecule has 0 saturated carbocycles. The van der Waals surface area contributed by atoms with Crippen LogP contribution in [0.1, 0.15) is 11.1 Å².